The van der Waals surface area contributed by atoms with Crippen molar-refractivity contribution >= 4 is 114 Å². The van der Waals surface area contributed by atoms with E-state index >= 15 is 0 Å². The van der Waals surface area contributed by atoms with E-state index < -0.39 is 23.4 Å². The van der Waals surface area contributed by atoms with E-state index in [1.807, 2.05) is 111 Å². The van der Waals surface area contributed by atoms with Crippen molar-refractivity contribution in [1.29, 1.82) is 0 Å². The molecule has 0 amide bonds. The van der Waals surface area contributed by atoms with Gasteiger partial charge in [0, 0.05) is 88.9 Å². The maximum absolute atomic E-state index is 12.3. The maximum Gasteiger partial charge on any atom is 0.420 e. The average molecular weight is 972 g/mol. The number of hydrogen-bond donors (Lipinski definition) is 2. The fraction of sp³-hybridized carbons (Fsp3) is 0.326. The molecule has 0 aliphatic rings. The van der Waals surface area contributed by atoms with E-state index in [-0.39, 0.29) is 0 Å². The van der Waals surface area contributed by atoms with Crippen LogP contribution in [-0.4, -0.2) is 95.4 Å². The molecule has 2 N–H and O–H groups in total. The molecular weight excluding hydrogens is 920 g/mol. The molecule has 340 valence electrons. The van der Waals surface area contributed by atoms with Gasteiger partial charge in [-0.25, -0.2) is 29.1 Å². The Balaban J connectivity index is 0.000000165. The van der Waals surface area contributed by atoms with Crippen LogP contribution < -0.4 is 0 Å². The van der Waals surface area contributed by atoms with Gasteiger partial charge in [0.15, 0.2) is 0 Å². The number of aromatic amines is 2. The first-order valence-electron chi connectivity index (χ1n) is 20.0. The van der Waals surface area contributed by atoms with Gasteiger partial charge < -0.3 is 29.2 Å². The number of H-pyrrole nitrogens is 2. The Labute approximate surface area is 397 Å². The molecule has 0 fully saturated rings. The summed E-state index contributed by atoms with van der Waals surface area (Å²) in [6.45, 7) is 12.6. The molecule has 18 heteroatoms. The van der Waals surface area contributed by atoms with Crippen LogP contribution in [0.15, 0.2) is 85.8 Å². The third-order valence-electron chi connectivity index (χ3n) is 8.79. The van der Waals surface area contributed by atoms with Gasteiger partial charge in [-0.3, -0.25) is 4.57 Å². The minimum absolute atomic E-state index is 0.312. The number of nitrogens with zero attached hydrogens (tertiary/aromatic N) is 7. The van der Waals surface area contributed by atoms with Crippen LogP contribution >= 0.6 is 58.0 Å². The van der Waals surface area contributed by atoms with Crippen LogP contribution in [-0.2, 0) is 28.4 Å². The molecule has 7 aromatic heterocycles. The number of nitrogens with one attached hydrogen (secondary N) is 2. The van der Waals surface area contributed by atoms with Gasteiger partial charge in [0.05, 0.1) is 20.6 Å². The number of aromatic nitrogens is 7. The van der Waals surface area contributed by atoms with E-state index in [1.165, 1.54) is 20.9 Å². The van der Waals surface area contributed by atoms with Crippen LogP contribution in [0.1, 0.15) is 58.2 Å². The van der Waals surface area contributed by atoms with Crippen molar-refractivity contribution in [3.8, 4) is 0 Å². The molecule has 0 unspecified atom stereocenters. The van der Waals surface area contributed by atoms with Gasteiger partial charge in [0.25, 0.3) is 0 Å². The zero-order valence-electron chi connectivity index (χ0n) is 37.4. The molecule has 13 nitrogen and oxygen atoms in total. The lowest BCUT2D eigenvalue weighted by molar-refractivity contribution is 0.0532. The number of carbonyl (C=O) groups excluding carboxylic acids is 2. The Hall–Kier alpha value is -4.86. The number of alkyl halides is 1. The van der Waals surface area contributed by atoms with Gasteiger partial charge in [-0.15, -0.1) is 11.6 Å². The molecule has 7 heterocycles. The van der Waals surface area contributed by atoms with E-state index in [0.29, 0.717) is 38.2 Å². The summed E-state index contributed by atoms with van der Waals surface area (Å²) < 4.78 is 13.7. The first-order chi connectivity index (χ1) is 30.0. The van der Waals surface area contributed by atoms with Crippen LogP contribution in [0.5, 0.6) is 0 Å². The third-order valence-corrected chi connectivity index (χ3v) is 9.93. The molecule has 0 radical (unpaired) electrons. The fourth-order valence-electron chi connectivity index (χ4n) is 6.32. The molecule has 0 bridgehead atoms. The molecule has 64 heavy (non-hydrogen) atoms. The van der Waals surface area contributed by atoms with Crippen molar-refractivity contribution in [3.05, 3.63) is 123 Å². The topological polar surface area (TPSA) is 139 Å². The van der Waals surface area contributed by atoms with Gasteiger partial charge in [-0.2, -0.15) is 0 Å². The highest BCUT2D eigenvalue weighted by molar-refractivity contribution is 6.32. The van der Waals surface area contributed by atoms with E-state index in [9.17, 15) is 9.59 Å². The molecule has 0 aliphatic carbocycles. The van der Waals surface area contributed by atoms with Crippen LogP contribution in [0.3, 0.4) is 0 Å². The summed E-state index contributed by atoms with van der Waals surface area (Å²) in [6.07, 6.45) is 11.2. The molecule has 0 atom stereocenters. The lowest BCUT2D eigenvalue weighted by Gasteiger charge is -2.19. The number of ether oxygens (including phenoxy) is 2. The zero-order valence-corrected chi connectivity index (χ0v) is 41.1. The smallest absolute Gasteiger partial charge is 0.420 e. The number of rotatable bonds is 5. The van der Waals surface area contributed by atoms with Crippen LogP contribution in [0.2, 0.25) is 20.1 Å². The van der Waals surface area contributed by atoms with Gasteiger partial charge >= 0.3 is 12.2 Å². The van der Waals surface area contributed by atoms with E-state index in [2.05, 4.69) is 29.8 Å². The highest BCUT2D eigenvalue weighted by Gasteiger charge is 2.23. The average Bonchev–Trinajstić information content (AvgIpc) is 3.98. The normalized spacial score (nSPS) is 11.6. The highest BCUT2D eigenvalue weighted by Crippen LogP contribution is 2.28. The molecular formula is C46H52Cl5N9O4. The van der Waals surface area contributed by atoms with E-state index in [4.69, 9.17) is 67.5 Å². The standard InChI is InChI=1S/C15H20ClN3O2.C14H15Cl2NO2.C10H12ClN3.C7H5ClN2/c1-15(2,3)21-14(20)19-9-10(8-18(4)5)12-6-11(16)7-17-13(12)19;1-14(2,3)19-13(18)17-8-9(7-15)11-6-10(16)4-5-12(11)17;1-14(2)6-7-4-12-10-9(7)3-8(11)5-13-10;8-6-3-5-1-2-9-7(5)10-4-6/h6-7,9H,8H2,1-5H3;4-6,8H,7H2,1-3H3;3-5H,6H2,1-2H3,(H,12,13);1-4H,(H,9,10). The predicted molar refractivity (Wildman–Crippen MR) is 262 cm³/mol. The summed E-state index contributed by atoms with van der Waals surface area (Å²) in [4.78, 5) is 47.2. The first-order valence-corrected chi connectivity index (χ1v) is 22.0. The minimum Gasteiger partial charge on any atom is -0.443 e. The summed E-state index contributed by atoms with van der Waals surface area (Å²) in [5.74, 6) is 0.312. The number of benzene rings is 1. The van der Waals surface area contributed by atoms with Crippen molar-refractivity contribution in [2.75, 3.05) is 28.2 Å². The molecule has 8 rings (SSSR count). The van der Waals surface area contributed by atoms with Crippen LogP contribution in [0.4, 0.5) is 9.59 Å². The molecule has 0 saturated heterocycles. The van der Waals surface area contributed by atoms with Crippen molar-refractivity contribution in [3.63, 3.8) is 0 Å². The summed E-state index contributed by atoms with van der Waals surface area (Å²) in [6, 6.07) is 12.9. The second kappa shape index (κ2) is 21.4. The minimum atomic E-state index is -0.554. The van der Waals surface area contributed by atoms with Crippen molar-refractivity contribution in [1.82, 2.24) is 43.9 Å². The van der Waals surface area contributed by atoms with E-state index in [0.717, 1.165) is 56.0 Å². The van der Waals surface area contributed by atoms with Crippen molar-refractivity contribution in [2.24, 2.45) is 0 Å². The Morgan fingerprint density at radius 1 is 0.625 bits per heavy atom. The Kier molecular flexibility index (Phi) is 16.8. The second-order valence-electron chi connectivity index (χ2n) is 17.2. The number of halogens is 5. The molecule has 0 spiro atoms. The largest absolute Gasteiger partial charge is 0.443 e. The maximum atomic E-state index is 12.3. The zero-order chi connectivity index (χ0) is 47.1. The first kappa shape index (κ1) is 50.1. The predicted octanol–water partition coefficient (Wildman–Crippen LogP) is 12.8. The Morgan fingerprint density at radius 3 is 1.77 bits per heavy atom. The molecule has 0 saturated carbocycles. The molecule has 8 aromatic rings. The van der Waals surface area contributed by atoms with Gasteiger partial charge in [-0.05, 0) is 129 Å². The van der Waals surface area contributed by atoms with Gasteiger partial charge in [-0.1, -0.05) is 46.4 Å². The number of carbonyl (C=O) groups is 2. The summed E-state index contributed by atoms with van der Waals surface area (Å²) in [5.41, 5.74) is 5.04. The Bertz CT molecular complexity index is 2870. The monoisotopic (exact) mass is 969 g/mol. The summed E-state index contributed by atoms with van der Waals surface area (Å²) in [5, 5.41) is 6.39. The summed E-state index contributed by atoms with van der Waals surface area (Å²) >= 11 is 29.5. The van der Waals surface area contributed by atoms with Gasteiger partial charge in [0.1, 0.15) is 28.1 Å². The SMILES string of the molecule is CC(C)(C)OC(=O)n1cc(CCl)c2cc(Cl)ccc21.CN(C)Cc1c[nH]c2ncc(Cl)cc12.CN(C)Cc1cn(C(=O)OC(C)(C)C)c2ncc(Cl)cc12.Clc1cnc2[nH]ccc2c1. The quantitative estimate of drug-likeness (QED) is 0.161. The second-order valence-corrected chi connectivity index (χ2v) is 19.3. The van der Waals surface area contributed by atoms with Crippen LogP contribution in [0.25, 0.3) is 44.0 Å². The van der Waals surface area contributed by atoms with Crippen molar-refractivity contribution in [2.45, 2.75) is 71.7 Å². The van der Waals surface area contributed by atoms with Crippen LogP contribution in [0, 0.1) is 0 Å². The highest BCUT2D eigenvalue weighted by atomic mass is 35.5. The van der Waals surface area contributed by atoms with Crippen molar-refractivity contribution < 1.29 is 19.1 Å². The lowest BCUT2D eigenvalue weighted by Crippen LogP contribution is -2.26. The Morgan fingerprint density at radius 2 is 1.16 bits per heavy atom. The molecule has 0 aliphatic heterocycles. The lowest BCUT2D eigenvalue weighted by atomic mass is 10.2. The van der Waals surface area contributed by atoms with Gasteiger partial charge in [0.2, 0.25) is 0 Å². The fourth-order valence-corrected chi connectivity index (χ4v) is 7.19. The van der Waals surface area contributed by atoms with E-state index in [1.54, 1.807) is 43.0 Å². The summed E-state index contributed by atoms with van der Waals surface area (Å²) in [7, 11) is 8.01. The number of hydrogen-bond acceptors (Lipinski definition) is 9. The third kappa shape index (κ3) is 13.8. The molecule has 1 aromatic carbocycles. The number of pyridine rings is 3. The number of fused-ring (bicyclic) bond motifs is 4.